The molecule has 0 radical (unpaired) electrons. The van der Waals surface area contributed by atoms with E-state index < -0.39 is 0 Å². The Labute approximate surface area is 132 Å². The average molecular weight is 296 g/mol. The number of hydrogen-bond donors (Lipinski definition) is 1. The Morgan fingerprint density at radius 2 is 1.62 bits per heavy atom. The van der Waals surface area contributed by atoms with E-state index in [1.54, 1.807) is 0 Å². The molecule has 2 aliphatic heterocycles. The van der Waals surface area contributed by atoms with Crippen molar-refractivity contribution in [2.75, 3.05) is 39.3 Å². The Morgan fingerprint density at radius 1 is 0.952 bits per heavy atom. The summed E-state index contributed by atoms with van der Waals surface area (Å²) in [5.41, 5.74) is 5.83. The van der Waals surface area contributed by atoms with E-state index in [0.717, 1.165) is 11.8 Å². The summed E-state index contributed by atoms with van der Waals surface area (Å²) in [7, 11) is 0. The maximum atomic E-state index is 5.83. The lowest BCUT2D eigenvalue weighted by Gasteiger charge is -2.35. The molecule has 0 amide bonds. The first-order chi connectivity index (χ1) is 10.1. The minimum absolute atomic E-state index is 0.374. The van der Waals surface area contributed by atoms with Crippen LogP contribution in [0, 0.1) is 11.8 Å². The van der Waals surface area contributed by atoms with E-state index in [4.69, 9.17) is 5.73 Å². The molecule has 2 aliphatic rings. The van der Waals surface area contributed by atoms with Crippen LogP contribution in [0.15, 0.2) is 0 Å². The molecule has 0 aliphatic carbocycles. The number of piperidine rings is 1. The molecule has 2 rings (SSSR count). The van der Waals surface area contributed by atoms with Crippen molar-refractivity contribution in [1.29, 1.82) is 0 Å². The monoisotopic (exact) mass is 295 g/mol. The molecule has 2 fully saturated rings. The summed E-state index contributed by atoms with van der Waals surface area (Å²) in [6, 6.07) is 0.374. The van der Waals surface area contributed by atoms with Crippen LogP contribution in [0.2, 0.25) is 0 Å². The van der Waals surface area contributed by atoms with Gasteiger partial charge in [-0.15, -0.1) is 0 Å². The molecule has 0 spiro atoms. The summed E-state index contributed by atoms with van der Waals surface area (Å²) in [5, 5.41) is 0. The molecule has 2 heterocycles. The third-order valence-corrected chi connectivity index (χ3v) is 5.35. The summed E-state index contributed by atoms with van der Waals surface area (Å²) in [4.78, 5) is 5.40. The molecular formula is C18H37N3. The second-order valence-electron chi connectivity index (χ2n) is 7.77. The second kappa shape index (κ2) is 9.12. The van der Waals surface area contributed by atoms with Gasteiger partial charge in [-0.3, -0.25) is 0 Å². The van der Waals surface area contributed by atoms with Gasteiger partial charge < -0.3 is 15.5 Å². The fraction of sp³-hybridized carbons (Fsp3) is 1.00. The van der Waals surface area contributed by atoms with Gasteiger partial charge in [0.25, 0.3) is 0 Å². The van der Waals surface area contributed by atoms with E-state index >= 15 is 0 Å². The van der Waals surface area contributed by atoms with Crippen LogP contribution < -0.4 is 5.73 Å². The lowest BCUT2D eigenvalue weighted by Crippen LogP contribution is -2.39. The minimum atomic E-state index is 0.374. The quantitative estimate of drug-likeness (QED) is 0.747. The van der Waals surface area contributed by atoms with Gasteiger partial charge in [-0.25, -0.2) is 0 Å². The minimum Gasteiger partial charge on any atom is -0.328 e. The molecule has 3 heteroatoms. The van der Waals surface area contributed by atoms with Gasteiger partial charge >= 0.3 is 0 Å². The number of nitrogens with two attached hydrogens (primary N) is 1. The van der Waals surface area contributed by atoms with Crippen LogP contribution in [0.1, 0.15) is 58.8 Å². The molecule has 2 N–H and O–H groups in total. The zero-order chi connectivity index (χ0) is 15.1. The van der Waals surface area contributed by atoms with Crippen molar-refractivity contribution < 1.29 is 0 Å². The van der Waals surface area contributed by atoms with Gasteiger partial charge in [-0.05, 0) is 83.5 Å². The van der Waals surface area contributed by atoms with Gasteiger partial charge in [-0.2, -0.15) is 0 Å². The predicted molar refractivity (Wildman–Crippen MR) is 91.5 cm³/mol. The maximum Gasteiger partial charge on any atom is 0.00106 e. The smallest absolute Gasteiger partial charge is 0.00106 e. The lowest BCUT2D eigenvalue weighted by atomic mass is 9.94. The third kappa shape index (κ3) is 6.66. The number of rotatable bonds is 8. The van der Waals surface area contributed by atoms with Crippen LogP contribution in [0.5, 0.6) is 0 Å². The first-order valence-corrected chi connectivity index (χ1v) is 9.33. The zero-order valence-electron chi connectivity index (χ0n) is 14.4. The fourth-order valence-electron chi connectivity index (χ4n) is 4.00. The maximum absolute atomic E-state index is 5.83. The van der Waals surface area contributed by atoms with Gasteiger partial charge in [0.2, 0.25) is 0 Å². The van der Waals surface area contributed by atoms with E-state index in [9.17, 15) is 0 Å². The highest BCUT2D eigenvalue weighted by Crippen LogP contribution is 2.22. The Hall–Kier alpha value is -0.120. The zero-order valence-corrected chi connectivity index (χ0v) is 14.4. The SMILES string of the molecule is CC(N)CCCC(C)CN1CCC(CN2CCCC2)CC1. The molecule has 0 aromatic rings. The van der Waals surface area contributed by atoms with E-state index in [0.29, 0.717) is 6.04 Å². The molecule has 2 saturated heterocycles. The van der Waals surface area contributed by atoms with Gasteiger partial charge in [0.15, 0.2) is 0 Å². The summed E-state index contributed by atoms with van der Waals surface area (Å²) < 4.78 is 0. The molecule has 0 bridgehead atoms. The van der Waals surface area contributed by atoms with Crippen LogP contribution in [-0.2, 0) is 0 Å². The van der Waals surface area contributed by atoms with Crippen molar-refractivity contribution in [3.63, 3.8) is 0 Å². The van der Waals surface area contributed by atoms with E-state index in [-0.39, 0.29) is 0 Å². The van der Waals surface area contributed by atoms with Crippen molar-refractivity contribution in [2.45, 2.75) is 64.8 Å². The third-order valence-electron chi connectivity index (χ3n) is 5.35. The van der Waals surface area contributed by atoms with Crippen LogP contribution in [0.3, 0.4) is 0 Å². The predicted octanol–water partition coefficient (Wildman–Crippen LogP) is 2.95. The van der Waals surface area contributed by atoms with Crippen molar-refractivity contribution in [3.8, 4) is 0 Å². The van der Waals surface area contributed by atoms with Crippen molar-refractivity contribution >= 4 is 0 Å². The van der Waals surface area contributed by atoms with Crippen molar-refractivity contribution in [3.05, 3.63) is 0 Å². The van der Waals surface area contributed by atoms with Gasteiger partial charge in [0.1, 0.15) is 0 Å². The summed E-state index contributed by atoms with van der Waals surface area (Å²) in [6.07, 6.45) is 9.52. The van der Waals surface area contributed by atoms with E-state index in [2.05, 4.69) is 23.6 Å². The Balaban J connectivity index is 1.55. The number of nitrogens with zero attached hydrogens (tertiary/aromatic N) is 2. The standard InChI is InChI=1S/C18H37N3/c1-16(6-5-7-17(2)19)14-21-12-8-18(9-13-21)15-20-10-3-4-11-20/h16-18H,3-15,19H2,1-2H3. The van der Waals surface area contributed by atoms with E-state index in [1.165, 1.54) is 84.2 Å². The molecule has 0 saturated carbocycles. The fourth-order valence-corrected chi connectivity index (χ4v) is 4.00. The molecule has 3 nitrogen and oxygen atoms in total. The molecule has 0 aromatic heterocycles. The van der Waals surface area contributed by atoms with Crippen LogP contribution in [0.25, 0.3) is 0 Å². The lowest BCUT2D eigenvalue weighted by molar-refractivity contribution is 0.138. The second-order valence-corrected chi connectivity index (χ2v) is 7.77. The van der Waals surface area contributed by atoms with Crippen LogP contribution in [0.4, 0.5) is 0 Å². The Morgan fingerprint density at radius 3 is 2.24 bits per heavy atom. The largest absolute Gasteiger partial charge is 0.328 e. The normalized spacial score (nSPS) is 25.3. The first-order valence-electron chi connectivity index (χ1n) is 9.33. The summed E-state index contributed by atoms with van der Waals surface area (Å²) >= 11 is 0. The van der Waals surface area contributed by atoms with E-state index in [1.807, 2.05) is 0 Å². The highest BCUT2D eigenvalue weighted by Gasteiger charge is 2.23. The summed E-state index contributed by atoms with van der Waals surface area (Å²) in [6.45, 7) is 12.6. The highest BCUT2D eigenvalue weighted by atomic mass is 15.2. The molecule has 2 atom stereocenters. The number of hydrogen-bond acceptors (Lipinski definition) is 3. The molecule has 124 valence electrons. The van der Waals surface area contributed by atoms with Gasteiger partial charge in [-0.1, -0.05) is 13.3 Å². The molecule has 0 aromatic carbocycles. The molecular weight excluding hydrogens is 258 g/mol. The number of likely N-dealkylation sites (tertiary alicyclic amines) is 2. The topological polar surface area (TPSA) is 32.5 Å². The first kappa shape index (κ1) is 17.2. The van der Waals surface area contributed by atoms with Crippen LogP contribution >= 0.6 is 0 Å². The average Bonchev–Trinajstić information content (AvgIpc) is 2.93. The molecule has 2 unspecified atom stereocenters. The van der Waals surface area contributed by atoms with Gasteiger partial charge in [0.05, 0.1) is 0 Å². The molecule has 21 heavy (non-hydrogen) atoms. The summed E-state index contributed by atoms with van der Waals surface area (Å²) in [5.74, 6) is 1.80. The Bertz CT molecular complexity index is 266. The van der Waals surface area contributed by atoms with Gasteiger partial charge in [0, 0.05) is 19.1 Å². The van der Waals surface area contributed by atoms with Crippen molar-refractivity contribution in [1.82, 2.24) is 9.80 Å². The Kier molecular flexibility index (Phi) is 7.48. The highest BCUT2D eigenvalue weighted by molar-refractivity contribution is 4.78. The van der Waals surface area contributed by atoms with Crippen molar-refractivity contribution in [2.24, 2.45) is 17.6 Å². The van der Waals surface area contributed by atoms with Crippen LogP contribution in [-0.4, -0.2) is 55.1 Å².